The van der Waals surface area contributed by atoms with Gasteiger partial charge in [0.2, 0.25) is 0 Å². The van der Waals surface area contributed by atoms with Crippen LogP contribution in [0.1, 0.15) is 56.1 Å². The van der Waals surface area contributed by atoms with Crippen molar-refractivity contribution in [3.8, 4) is 0 Å². The molecule has 2 heterocycles. The zero-order valence-electron chi connectivity index (χ0n) is 13.0. The van der Waals surface area contributed by atoms with Crippen LogP contribution >= 0.6 is 0 Å². The van der Waals surface area contributed by atoms with E-state index in [0.717, 1.165) is 12.3 Å². The van der Waals surface area contributed by atoms with Crippen LogP contribution in [-0.4, -0.2) is 46.4 Å². The Hall–Kier alpha value is -1.36. The summed E-state index contributed by atoms with van der Waals surface area (Å²) < 4.78 is 7.43. The van der Waals surface area contributed by atoms with Crippen molar-refractivity contribution in [1.82, 2.24) is 14.7 Å². The number of morpholine rings is 1. The van der Waals surface area contributed by atoms with Crippen LogP contribution in [0.5, 0.6) is 0 Å². The summed E-state index contributed by atoms with van der Waals surface area (Å²) in [4.78, 5) is 14.7. The van der Waals surface area contributed by atoms with Crippen molar-refractivity contribution < 1.29 is 9.53 Å². The van der Waals surface area contributed by atoms with Crippen LogP contribution in [0, 0.1) is 5.92 Å². The monoisotopic (exact) mass is 291 g/mol. The van der Waals surface area contributed by atoms with Gasteiger partial charge < -0.3 is 9.64 Å². The van der Waals surface area contributed by atoms with Gasteiger partial charge in [-0.2, -0.15) is 5.10 Å². The average Bonchev–Trinajstić information content (AvgIpc) is 2.92. The fourth-order valence-corrected chi connectivity index (χ4v) is 3.12. The normalized spacial score (nSPS) is 23.4. The number of carbonyl (C=O) groups is 1. The molecule has 0 bridgehead atoms. The van der Waals surface area contributed by atoms with Crippen LogP contribution in [0.15, 0.2) is 12.3 Å². The molecule has 1 atom stereocenters. The lowest BCUT2D eigenvalue weighted by Crippen LogP contribution is -2.50. The molecule has 0 N–H and O–H groups in total. The number of carbonyl (C=O) groups excluding carboxylic acids is 1. The highest BCUT2D eigenvalue weighted by Gasteiger charge is 2.32. The van der Waals surface area contributed by atoms with Crippen LogP contribution < -0.4 is 0 Å². The highest BCUT2D eigenvalue weighted by molar-refractivity contribution is 5.92. The first kappa shape index (κ1) is 14.6. The van der Waals surface area contributed by atoms with E-state index in [1.165, 1.54) is 19.3 Å². The number of hydrogen-bond acceptors (Lipinski definition) is 3. The highest BCUT2D eigenvalue weighted by atomic mass is 16.5. The van der Waals surface area contributed by atoms with Gasteiger partial charge in [0.25, 0.3) is 5.91 Å². The molecule has 1 aromatic rings. The van der Waals surface area contributed by atoms with E-state index in [4.69, 9.17) is 4.74 Å². The molecule has 0 radical (unpaired) electrons. The maximum Gasteiger partial charge on any atom is 0.274 e. The summed E-state index contributed by atoms with van der Waals surface area (Å²) in [5, 5.41) is 4.42. The predicted octanol–water partition coefficient (Wildman–Crippen LogP) is 2.50. The minimum Gasteiger partial charge on any atom is -0.377 e. The van der Waals surface area contributed by atoms with E-state index in [1.54, 1.807) is 0 Å². The van der Waals surface area contributed by atoms with E-state index >= 15 is 0 Å². The summed E-state index contributed by atoms with van der Waals surface area (Å²) in [7, 11) is 0. The second kappa shape index (κ2) is 6.18. The Morgan fingerprint density at radius 1 is 1.48 bits per heavy atom. The second-order valence-corrected chi connectivity index (χ2v) is 6.53. The zero-order chi connectivity index (χ0) is 14.8. The molecule has 0 aromatic carbocycles. The fourth-order valence-electron chi connectivity index (χ4n) is 3.12. The van der Waals surface area contributed by atoms with Gasteiger partial charge in [-0.25, -0.2) is 0 Å². The van der Waals surface area contributed by atoms with Crippen LogP contribution in [-0.2, 0) is 4.74 Å². The Labute approximate surface area is 126 Å². The molecule has 3 rings (SSSR count). The quantitative estimate of drug-likeness (QED) is 0.856. The Morgan fingerprint density at radius 3 is 2.90 bits per heavy atom. The summed E-state index contributed by atoms with van der Waals surface area (Å²) in [5.74, 6) is 0.835. The molecule has 1 saturated carbocycles. The number of ether oxygens (including phenoxy) is 1. The van der Waals surface area contributed by atoms with Crippen molar-refractivity contribution in [2.45, 2.75) is 51.6 Å². The van der Waals surface area contributed by atoms with Gasteiger partial charge in [-0.15, -0.1) is 0 Å². The van der Waals surface area contributed by atoms with Crippen LogP contribution in [0.3, 0.4) is 0 Å². The first-order valence-corrected chi connectivity index (χ1v) is 8.09. The maximum absolute atomic E-state index is 12.7. The SMILES string of the molecule is CC(C)n1ccc(C(=O)N2CCOC[C@H]2CC2CCC2)n1. The van der Waals surface area contributed by atoms with Crippen molar-refractivity contribution in [3.63, 3.8) is 0 Å². The summed E-state index contributed by atoms with van der Waals surface area (Å²) in [6.07, 6.45) is 6.92. The fraction of sp³-hybridized carbons (Fsp3) is 0.750. The van der Waals surface area contributed by atoms with Gasteiger partial charge in [0.05, 0.1) is 19.3 Å². The topological polar surface area (TPSA) is 47.4 Å². The molecular weight excluding hydrogens is 266 g/mol. The van der Waals surface area contributed by atoms with E-state index in [2.05, 4.69) is 18.9 Å². The molecule has 1 saturated heterocycles. The number of aromatic nitrogens is 2. The summed E-state index contributed by atoms with van der Waals surface area (Å²) in [6.45, 7) is 6.13. The largest absolute Gasteiger partial charge is 0.377 e. The third-order valence-electron chi connectivity index (χ3n) is 4.68. The van der Waals surface area contributed by atoms with Gasteiger partial charge in [0, 0.05) is 18.8 Å². The van der Waals surface area contributed by atoms with Crippen molar-refractivity contribution in [3.05, 3.63) is 18.0 Å². The maximum atomic E-state index is 12.7. The first-order chi connectivity index (χ1) is 10.1. The van der Waals surface area contributed by atoms with Crippen LogP contribution in [0.2, 0.25) is 0 Å². The summed E-state index contributed by atoms with van der Waals surface area (Å²) in [5.41, 5.74) is 0.559. The average molecular weight is 291 g/mol. The molecule has 1 amide bonds. The third kappa shape index (κ3) is 3.12. The van der Waals surface area contributed by atoms with Crippen LogP contribution in [0.4, 0.5) is 0 Å². The molecule has 2 aliphatic rings. The van der Waals surface area contributed by atoms with E-state index in [-0.39, 0.29) is 18.0 Å². The lowest BCUT2D eigenvalue weighted by atomic mass is 9.80. The number of hydrogen-bond donors (Lipinski definition) is 0. The standard InChI is InChI=1S/C16H25N3O2/c1-12(2)19-7-6-15(17-19)16(20)18-8-9-21-11-14(18)10-13-4-3-5-13/h6-7,12-14H,3-5,8-11H2,1-2H3/t14-/m1/s1. The van der Waals surface area contributed by atoms with Crippen molar-refractivity contribution >= 4 is 5.91 Å². The number of nitrogens with zero attached hydrogens (tertiary/aromatic N) is 3. The van der Waals surface area contributed by atoms with Crippen molar-refractivity contribution in [2.75, 3.05) is 19.8 Å². The molecule has 5 nitrogen and oxygen atoms in total. The number of rotatable bonds is 4. The zero-order valence-corrected chi connectivity index (χ0v) is 13.0. The van der Waals surface area contributed by atoms with E-state index in [9.17, 15) is 4.79 Å². The minimum atomic E-state index is 0.0574. The van der Waals surface area contributed by atoms with Crippen LogP contribution in [0.25, 0.3) is 0 Å². The molecule has 116 valence electrons. The first-order valence-electron chi connectivity index (χ1n) is 8.09. The lowest BCUT2D eigenvalue weighted by molar-refractivity contribution is -0.0127. The second-order valence-electron chi connectivity index (χ2n) is 6.53. The molecule has 21 heavy (non-hydrogen) atoms. The number of amides is 1. The molecule has 1 aliphatic carbocycles. The predicted molar refractivity (Wildman–Crippen MR) is 80.2 cm³/mol. The Bertz CT molecular complexity index is 493. The van der Waals surface area contributed by atoms with Gasteiger partial charge in [-0.1, -0.05) is 19.3 Å². The Morgan fingerprint density at radius 2 is 2.29 bits per heavy atom. The molecule has 1 aliphatic heterocycles. The van der Waals surface area contributed by atoms with Crippen molar-refractivity contribution in [1.29, 1.82) is 0 Å². The van der Waals surface area contributed by atoms with E-state index in [1.807, 2.05) is 21.8 Å². The lowest BCUT2D eigenvalue weighted by Gasteiger charge is -2.39. The Balaban J connectivity index is 1.70. The molecule has 0 unspecified atom stereocenters. The molecule has 2 fully saturated rings. The third-order valence-corrected chi connectivity index (χ3v) is 4.68. The van der Waals surface area contributed by atoms with Gasteiger partial charge in [0.15, 0.2) is 0 Å². The summed E-state index contributed by atoms with van der Waals surface area (Å²) >= 11 is 0. The molecule has 1 aromatic heterocycles. The summed E-state index contributed by atoms with van der Waals surface area (Å²) in [6, 6.07) is 2.33. The van der Waals surface area contributed by atoms with E-state index < -0.39 is 0 Å². The van der Waals surface area contributed by atoms with Gasteiger partial charge in [-0.05, 0) is 32.3 Å². The molecule has 0 spiro atoms. The van der Waals surface area contributed by atoms with Gasteiger partial charge in [-0.3, -0.25) is 9.48 Å². The van der Waals surface area contributed by atoms with Gasteiger partial charge >= 0.3 is 0 Å². The highest BCUT2D eigenvalue weighted by Crippen LogP contribution is 2.32. The van der Waals surface area contributed by atoms with Crippen molar-refractivity contribution in [2.24, 2.45) is 5.92 Å². The smallest absolute Gasteiger partial charge is 0.274 e. The van der Waals surface area contributed by atoms with E-state index in [0.29, 0.717) is 25.5 Å². The molecule has 5 heteroatoms. The minimum absolute atomic E-state index is 0.0574. The Kier molecular flexibility index (Phi) is 4.29. The van der Waals surface area contributed by atoms with Gasteiger partial charge in [0.1, 0.15) is 5.69 Å². The molecular formula is C16H25N3O2.